The van der Waals surface area contributed by atoms with Crippen LogP contribution in [0, 0.1) is 11.7 Å². The van der Waals surface area contributed by atoms with E-state index < -0.39 is 5.82 Å². The fourth-order valence-electron chi connectivity index (χ4n) is 2.18. The molecule has 98 valence electrons. The third-order valence-corrected chi connectivity index (χ3v) is 3.08. The molecule has 0 saturated carbocycles. The van der Waals surface area contributed by atoms with Crippen molar-refractivity contribution in [2.24, 2.45) is 5.92 Å². The fraction of sp³-hybridized carbons (Fsp3) is 0.545. The summed E-state index contributed by atoms with van der Waals surface area (Å²) >= 11 is 0. The largest absolute Gasteiger partial charge is 0.368 e. The number of amides is 1. The van der Waals surface area contributed by atoms with Crippen LogP contribution in [0.2, 0.25) is 0 Å². The second-order valence-electron chi connectivity index (χ2n) is 4.30. The van der Waals surface area contributed by atoms with Crippen LogP contribution in [0.4, 0.5) is 16.2 Å². The van der Waals surface area contributed by atoms with Gasteiger partial charge in [-0.3, -0.25) is 4.79 Å². The van der Waals surface area contributed by atoms with E-state index in [9.17, 15) is 9.18 Å². The first kappa shape index (κ1) is 12.5. The molecule has 2 rings (SSSR count). The maximum atomic E-state index is 13.6. The van der Waals surface area contributed by atoms with Crippen LogP contribution in [0.5, 0.6) is 0 Å². The van der Waals surface area contributed by atoms with Gasteiger partial charge in [-0.15, -0.1) is 0 Å². The summed E-state index contributed by atoms with van der Waals surface area (Å²) in [6.45, 7) is 1.12. The molecule has 1 saturated heterocycles. The summed E-state index contributed by atoms with van der Waals surface area (Å²) in [7, 11) is 1.60. The van der Waals surface area contributed by atoms with Gasteiger partial charge in [0.2, 0.25) is 11.9 Å². The molecule has 18 heavy (non-hydrogen) atoms. The Morgan fingerprint density at radius 3 is 3.17 bits per heavy atom. The zero-order valence-electron chi connectivity index (χ0n) is 10.2. The molecule has 0 bridgehead atoms. The van der Waals surface area contributed by atoms with Gasteiger partial charge >= 0.3 is 0 Å². The third kappa shape index (κ3) is 2.49. The Kier molecular flexibility index (Phi) is 3.59. The molecule has 0 aromatic carbocycles. The average molecular weight is 253 g/mol. The lowest BCUT2D eigenvalue weighted by atomic mass is 9.97. The number of piperidine rings is 1. The second-order valence-corrected chi connectivity index (χ2v) is 4.30. The molecule has 7 heteroatoms. The lowest BCUT2D eigenvalue weighted by Gasteiger charge is -2.32. The van der Waals surface area contributed by atoms with Gasteiger partial charge < -0.3 is 16.0 Å². The molecular formula is C11H16FN5O. The molecule has 1 fully saturated rings. The van der Waals surface area contributed by atoms with Gasteiger partial charge in [-0.05, 0) is 12.8 Å². The van der Waals surface area contributed by atoms with Crippen LogP contribution >= 0.6 is 0 Å². The molecule has 3 N–H and O–H groups in total. The Balaban J connectivity index is 2.18. The van der Waals surface area contributed by atoms with Gasteiger partial charge in [-0.25, -0.2) is 9.37 Å². The lowest BCUT2D eigenvalue weighted by Crippen LogP contribution is -2.42. The predicted octanol–water partition coefficient (Wildman–Crippen LogP) is 0.160. The lowest BCUT2D eigenvalue weighted by molar-refractivity contribution is -0.124. The van der Waals surface area contributed by atoms with Crippen LogP contribution in [0.15, 0.2) is 6.20 Å². The van der Waals surface area contributed by atoms with E-state index in [1.54, 1.807) is 11.9 Å². The van der Waals surface area contributed by atoms with Crippen LogP contribution in [-0.2, 0) is 4.79 Å². The van der Waals surface area contributed by atoms with Crippen molar-refractivity contribution in [1.29, 1.82) is 0 Å². The minimum atomic E-state index is -0.512. The van der Waals surface area contributed by atoms with Crippen molar-refractivity contribution in [3.63, 3.8) is 0 Å². The molecule has 2 heterocycles. The number of halogens is 1. The Morgan fingerprint density at radius 1 is 1.67 bits per heavy atom. The van der Waals surface area contributed by atoms with E-state index in [0.29, 0.717) is 13.1 Å². The highest BCUT2D eigenvalue weighted by Crippen LogP contribution is 2.24. The quantitative estimate of drug-likeness (QED) is 0.784. The smallest absolute Gasteiger partial charge is 0.224 e. The molecule has 1 aliphatic heterocycles. The summed E-state index contributed by atoms with van der Waals surface area (Å²) < 4.78 is 13.6. The highest BCUT2D eigenvalue weighted by atomic mass is 19.1. The van der Waals surface area contributed by atoms with Crippen LogP contribution in [0.3, 0.4) is 0 Å². The Hall–Kier alpha value is -1.92. The van der Waals surface area contributed by atoms with E-state index in [0.717, 1.165) is 19.0 Å². The maximum Gasteiger partial charge on any atom is 0.224 e. The molecule has 1 atom stereocenters. The number of nitrogens with one attached hydrogen (secondary N) is 1. The standard InChI is InChI=1S/C11H16FN5O/c1-14-10(18)7-3-2-4-17(6-7)9-8(12)5-15-11(13)16-9/h5,7H,2-4,6H2,1H3,(H,14,18)(H2,13,15,16). The van der Waals surface area contributed by atoms with E-state index in [1.165, 1.54) is 0 Å². The van der Waals surface area contributed by atoms with Gasteiger partial charge in [0, 0.05) is 20.1 Å². The molecule has 0 radical (unpaired) electrons. The van der Waals surface area contributed by atoms with Crippen molar-refractivity contribution in [3.8, 4) is 0 Å². The number of hydrogen-bond acceptors (Lipinski definition) is 5. The molecule has 1 aromatic heterocycles. The number of anilines is 2. The summed E-state index contributed by atoms with van der Waals surface area (Å²) in [5.74, 6) is -0.465. The van der Waals surface area contributed by atoms with Crippen molar-refractivity contribution < 1.29 is 9.18 Å². The number of carbonyl (C=O) groups is 1. The molecular weight excluding hydrogens is 237 g/mol. The molecule has 1 aromatic rings. The number of carbonyl (C=O) groups excluding carboxylic acids is 1. The van der Waals surface area contributed by atoms with Crippen molar-refractivity contribution in [2.75, 3.05) is 30.8 Å². The van der Waals surface area contributed by atoms with E-state index in [2.05, 4.69) is 15.3 Å². The molecule has 1 aliphatic rings. The Morgan fingerprint density at radius 2 is 2.44 bits per heavy atom. The van der Waals surface area contributed by atoms with Gasteiger partial charge in [0.1, 0.15) is 0 Å². The van der Waals surface area contributed by atoms with Crippen LogP contribution in [0.1, 0.15) is 12.8 Å². The number of hydrogen-bond donors (Lipinski definition) is 2. The SMILES string of the molecule is CNC(=O)C1CCCN(c2nc(N)ncc2F)C1. The number of nitrogen functional groups attached to an aromatic ring is 1. The van der Waals surface area contributed by atoms with E-state index in [1.807, 2.05) is 0 Å². The van der Waals surface area contributed by atoms with E-state index >= 15 is 0 Å². The van der Waals surface area contributed by atoms with Gasteiger partial charge in [0.25, 0.3) is 0 Å². The molecule has 0 spiro atoms. The topological polar surface area (TPSA) is 84.1 Å². The highest BCUT2D eigenvalue weighted by molar-refractivity contribution is 5.79. The van der Waals surface area contributed by atoms with Gasteiger partial charge in [0.15, 0.2) is 11.6 Å². The Bertz CT molecular complexity index is 453. The minimum absolute atomic E-state index is 0.0258. The normalized spacial score (nSPS) is 19.7. The van der Waals surface area contributed by atoms with E-state index in [-0.39, 0.29) is 23.6 Å². The van der Waals surface area contributed by atoms with Crippen molar-refractivity contribution in [2.45, 2.75) is 12.8 Å². The molecule has 1 amide bonds. The summed E-state index contributed by atoms with van der Waals surface area (Å²) in [6.07, 6.45) is 2.68. The maximum absolute atomic E-state index is 13.6. The number of rotatable bonds is 2. The molecule has 0 aliphatic carbocycles. The third-order valence-electron chi connectivity index (χ3n) is 3.08. The first-order valence-corrected chi connectivity index (χ1v) is 5.86. The zero-order valence-corrected chi connectivity index (χ0v) is 10.2. The summed E-state index contributed by atoms with van der Waals surface area (Å²) in [4.78, 5) is 20.8. The summed E-state index contributed by atoms with van der Waals surface area (Å²) in [5, 5.41) is 2.62. The Labute approximate surface area is 104 Å². The van der Waals surface area contributed by atoms with Crippen LogP contribution < -0.4 is 16.0 Å². The first-order chi connectivity index (χ1) is 8.61. The summed E-state index contributed by atoms with van der Waals surface area (Å²) in [6, 6.07) is 0. The predicted molar refractivity (Wildman–Crippen MR) is 65.4 cm³/mol. The fourth-order valence-corrected chi connectivity index (χ4v) is 2.18. The number of nitrogens with two attached hydrogens (primary N) is 1. The highest BCUT2D eigenvalue weighted by Gasteiger charge is 2.27. The zero-order chi connectivity index (χ0) is 13.1. The number of nitrogens with zero attached hydrogens (tertiary/aromatic N) is 3. The van der Waals surface area contributed by atoms with Crippen molar-refractivity contribution in [3.05, 3.63) is 12.0 Å². The van der Waals surface area contributed by atoms with Crippen molar-refractivity contribution >= 4 is 17.7 Å². The van der Waals surface area contributed by atoms with Crippen LogP contribution in [-0.4, -0.2) is 36.0 Å². The minimum Gasteiger partial charge on any atom is -0.368 e. The summed E-state index contributed by atoms with van der Waals surface area (Å²) in [5.41, 5.74) is 5.46. The molecule has 1 unspecified atom stereocenters. The van der Waals surface area contributed by atoms with Gasteiger partial charge in [-0.1, -0.05) is 0 Å². The van der Waals surface area contributed by atoms with Gasteiger partial charge in [-0.2, -0.15) is 4.98 Å². The average Bonchev–Trinajstić information content (AvgIpc) is 2.40. The van der Waals surface area contributed by atoms with Crippen molar-refractivity contribution in [1.82, 2.24) is 15.3 Å². The first-order valence-electron chi connectivity index (χ1n) is 5.86. The van der Waals surface area contributed by atoms with Crippen LogP contribution in [0.25, 0.3) is 0 Å². The van der Waals surface area contributed by atoms with E-state index in [4.69, 9.17) is 5.73 Å². The monoisotopic (exact) mass is 253 g/mol. The molecule has 6 nitrogen and oxygen atoms in total. The second kappa shape index (κ2) is 5.16. The number of aromatic nitrogens is 2. The van der Waals surface area contributed by atoms with Gasteiger partial charge in [0.05, 0.1) is 12.1 Å².